The fourth-order valence-corrected chi connectivity index (χ4v) is 4.83. The van der Waals surface area contributed by atoms with Crippen molar-refractivity contribution in [1.82, 2.24) is 19.6 Å². The van der Waals surface area contributed by atoms with Crippen molar-refractivity contribution in [3.63, 3.8) is 0 Å². The molecule has 8 heteroatoms. The Bertz CT molecular complexity index is 1020. The number of ether oxygens (including phenoxy) is 1. The number of benzene rings is 1. The molecule has 2 atom stereocenters. The standard InChI is InChI=1S/C24H31FN4O3/c1-16-12-22(30)23(26-29(16)21-7-5-4-6-20(21)25)24(31)28-10-8-19(9-11-28)15-27-13-17(2)32-18(3)14-27/h4-7,12,17-19H,8-11,13-15H2,1-3H3. The summed E-state index contributed by atoms with van der Waals surface area (Å²) in [5.74, 6) is -0.331. The smallest absolute Gasteiger partial charge is 0.278 e. The summed E-state index contributed by atoms with van der Waals surface area (Å²) in [5, 5.41) is 4.26. The highest BCUT2D eigenvalue weighted by molar-refractivity contribution is 5.92. The number of halogens is 1. The number of likely N-dealkylation sites (tertiary alicyclic amines) is 1. The van der Waals surface area contributed by atoms with Crippen molar-refractivity contribution < 1.29 is 13.9 Å². The van der Waals surface area contributed by atoms with Crippen LogP contribution in [0.3, 0.4) is 0 Å². The Morgan fingerprint density at radius 3 is 2.47 bits per heavy atom. The van der Waals surface area contributed by atoms with Gasteiger partial charge in [0.2, 0.25) is 5.43 Å². The number of morpholine rings is 1. The molecule has 0 spiro atoms. The summed E-state index contributed by atoms with van der Waals surface area (Å²) in [6, 6.07) is 7.54. The molecule has 2 aromatic rings. The van der Waals surface area contributed by atoms with Gasteiger partial charge in [-0.1, -0.05) is 12.1 Å². The number of aryl methyl sites for hydroxylation is 1. The van der Waals surface area contributed by atoms with E-state index in [4.69, 9.17) is 4.74 Å². The van der Waals surface area contributed by atoms with E-state index >= 15 is 0 Å². The van der Waals surface area contributed by atoms with Crippen LogP contribution in [-0.2, 0) is 4.74 Å². The van der Waals surface area contributed by atoms with Crippen LogP contribution in [0.4, 0.5) is 4.39 Å². The third kappa shape index (κ3) is 4.91. The lowest BCUT2D eigenvalue weighted by Crippen LogP contribution is -2.49. The van der Waals surface area contributed by atoms with Crippen molar-refractivity contribution >= 4 is 5.91 Å². The Morgan fingerprint density at radius 1 is 1.16 bits per heavy atom. The number of aromatic nitrogens is 2. The number of para-hydroxylation sites is 1. The number of nitrogens with zero attached hydrogens (tertiary/aromatic N) is 4. The monoisotopic (exact) mass is 442 g/mol. The molecule has 0 radical (unpaired) electrons. The molecule has 4 rings (SSSR count). The quantitative estimate of drug-likeness (QED) is 0.728. The lowest BCUT2D eigenvalue weighted by atomic mass is 9.95. The summed E-state index contributed by atoms with van der Waals surface area (Å²) < 4.78 is 21.4. The third-order valence-corrected chi connectivity index (χ3v) is 6.30. The van der Waals surface area contributed by atoms with Gasteiger partial charge in [-0.2, -0.15) is 5.10 Å². The predicted molar refractivity (Wildman–Crippen MR) is 120 cm³/mol. The highest BCUT2D eigenvalue weighted by Crippen LogP contribution is 2.22. The second-order valence-electron chi connectivity index (χ2n) is 9.07. The molecule has 0 aliphatic carbocycles. The van der Waals surface area contributed by atoms with Crippen LogP contribution in [0.5, 0.6) is 0 Å². The number of piperidine rings is 1. The molecular weight excluding hydrogens is 411 g/mol. The van der Waals surface area contributed by atoms with Crippen molar-refractivity contribution in [2.45, 2.75) is 45.8 Å². The summed E-state index contributed by atoms with van der Waals surface area (Å²) in [5.41, 5.74) is 0.0997. The maximum atomic E-state index is 14.3. The maximum Gasteiger partial charge on any atom is 0.278 e. The van der Waals surface area contributed by atoms with E-state index in [0.29, 0.717) is 24.7 Å². The molecule has 0 saturated carbocycles. The van der Waals surface area contributed by atoms with Crippen molar-refractivity contribution in [3.8, 4) is 5.69 Å². The lowest BCUT2D eigenvalue weighted by molar-refractivity contribution is -0.0728. The number of rotatable bonds is 4. The van der Waals surface area contributed by atoms with Gasteiger partial charge in [-0.25, -0.2) is 9.07 Å². The molecule has 1 aromatic carbocycles. The molecule has 1 amide bonds. The van der Waals surface area contributed by atoms with Gasteiger partial charge in [-0.05, 0) is 51.7 Å². The molecule has 0 N–H and O–H groups in total. The minimum absolute atomic E-state index is 0.159. The molecule has 2 aliphatic heterocycles. The molecule has 32 heavy (non-hydrogen) atoms. The number of amides is 1. The van der Waals surface area contributed by atoms with Gasteiger partial charge in [-0.15, -0.1) is 0 Å². The molecule has 2 fully saturated rings. The number of carbonyl (C=O) groups excluding carboxylic acids is 1. The van der Waals surface area contributed by atoms with Crippen LogP contribution in [0, 0.1) is 18.7 Å². The zero-order valence-corrected chi connectivity index (χ0v) is 19.0. The van der Waals surface area contributed by atoms with Crippen LogP contribution < -0.4 is 5.43 Å². The van der Waals surface area contributed by atoms with E-state index in [1.807, 2.05) is 0 Å². The SMILES string of the molecule is Cc1cc(=O)c(C(=O)N2CCC(CN3CC(C)OC(C)C3)CC2)nn1-c1ccccc1F. The molecule has 1 aromatic heterocycles. The second kappa shape index (κ2) is 9.50. The summed E-state index contributed by atoms with van der Waals surface area (Å²) in [6.45, 7) is 9.94. The fraction of sp³-hybridized carbons (Fsp3) is 0.542. The van der Waals surface area contributed by atoms with Crippen molar-refractivity contribution in [3.05, 3.63) is 57.8 Å². The predicted octanol–water partition coefficient (Wildman–Crippen LogP) is 2.64. The molecule has 3 heterocycles. The summed E-state index contributed by atoms with van der Waals surface area (Å²) in [6.07, 6.45) is 2.26. The molecule has 172 valence electrons. The Balaban J connectivity index is 1.44. The van der Waals surface area contributed by atoms with Gasteiger partial charge in [0.15, 0.2) is 5.69 Å². The van der Waals surface area contributed by atoms with Gasteiger partial charge in [0.05, 0.1) is 12.2 Å². The normalized spacial score (nSPS) is 22.8. The van der Waals surface area contributed by atoms with E-state index in [0.717, 1.165) is 32.5 Å². The van der Waals surface area contributed by atoms with Gasteiger partial charge < -0.3 is 9.64 Å². The average Bonchev–Trinajstić information content (AvgIpc) is 2.74. The molecular formula is C24H31FN4O3. The summed E-state index contributed by atoms with van der Waals surface area (Å²) >= 11 is 0. The first kappa shape index (κ1) is 22.6. The van der Waals surface area contributed by atoms with E-state index in [2.05, 4.69) is 23.8 Å². The third-order valence-electron chi connectivity index (χ3n) is 6.30. The maximum absolute atomic E-state index is 14.3. The fourth-order valence-electron chi connectivity index (χ4n) is 4.83. The van der Waals surface area contributed by atoms with E-state index in [9.17, 15) is 14.0 Å². The van der Waals surface area contributed by atoms with Gasteiger partial charge in [0.25, 0.3) is 5.91 Å². The number of carbonyl (C=O) groups is 1. The van der Waals surface area contributed by atoms with Crippen LogP contribution >= 0.6 is 0 Å². The van der Waals surface area contributed by atoms with Gasteiger partial charge in [-0.3, -0.25) is 14.5 Å². The zero-order valence-electron chi connectivity index (χ0n) is 19.0. The van der Waals surface area contributed by atoms with E-state index in [1.165, 1.54) is 16.8 Å². The van der Waals surface area contributed by atoms with Crippen molar-refractivity contribution in [1.29, 1.82) is 0 Å². The lowest BCUT2D eigenvalue weighted by Gasteiger charge is -2.39. The highest BCUT2D eigenvalue weighted by atomic mass is 19.1. The molecule has 7 nitrogen and oxygen atoms in total. The number of hydrogen-bond donors (Lipinski definition) is 0. The van der Waals surface area contributed by atoms with Gasteiger partial charge >= 0.3 is 0 Å². The first-order valence-electron chi connectivity index (χ1n) is 11.3. The second-order valence-corrected chi connectivity index (χ2v) is 9.07. The Kier molecular flexibility index (Phi) is 6.71. The summed E-state index contributed by atoms with van der Waals surface area (Å²) in [7, 11) is 0. The molecule has 2 aliphatic rings. The first-order valence-corrected chi connectivity index (χ1v) is 11.3. The van der Waals surface area contributed by atoms with Crippen molar-refractivity contribution in [2.75, 3.05) is 32.7 Å². The zero-order chi connectivity index (χ0) is 22.8. The highest BCUT2D eigenvalue weighted by Gasteiger charge is 2.29. The van der Waals surface area contributed by atoms with E-state index in [1.54, 1.807) is 30.0 Å². The number of hydrogen-bond acceptors (Lipinski definition) is 5. The van der Waals surface area contributed by atoms with Crippen LogP contribution in [0.1, 0.15) is 42.9 Å². The molecule has 2 unspecified atom stereocenters. The van der Waals surface area contributed by atoms with E-state index in [-0.39, 0.29) is 29.5 Å². The molecule has 2 saturated heterocycles. The van der Waals surface area contributed by atoms with Gasteiger partial charge in [0.1, 0.15) is 11.5 Å². The minimum Gasteiger partial charge on any atom is -0.373 e. The minimum atomic E-state index is -0.460. The molecule has 0 bridgehead atoms. The van der Waals surface area contributed by atoms with Crippen LogP contribution in [0.25, 0.3) is 5.69 Å². The van der Waals surface area contributed by atoms with Crippen molar-refractivity contribution in [2.24, 2.45) is 5.92 Å². The van der Waals surface area contributed by atoms with Crippen LogP contribution in [-0.4, -0.2) is 70.4 Å². The Hall–Kier alpha value is -2.58. The first-order chi connectivity index (χ1) is 15.3. The van der Waals surface area contributed by atoms with Crippen LogP contribution in [0.15, 0.2) is 35.1 Å². The van der Waals surface area contributed by atoms with Gasteiger partial charge in [0, 0.05) is 44.5 Å². The topological polar surface area (TPSA) is 67.7 Å². The summed E-state index contributed by atoms with van der Waals surface area (Å²) in [4.78, 5) is 29.8. The van der Waals surface area contributed by atoms with Crippen LogP contribution in [0.2, 0.25) is 0 Å². The average molecular weight is 443 g/mol. The Labute approximate surface area is 187 Å². The van der Waals surface area contributed by atoms with E-state index < -0.39 is 11.2 Å². The largest absolute Gasteiger partial charge is 0.373 e. The Morgan fingerprint density at radius 2 is 1.81 bits per heavy atom.